The van der Waals surface area contributed by atoms with Crippen LogP contribution in [-0.2, 0) is 23.4 Å². The summed E-state index contributed by atoms with van der Waals surface area (Å²) in [7, 11) is -4.56. The van der Waals surface area contributed by atoms with E-state index in [1.165, 1.54) is 19.2 Å². The SMILES string of the molecule is C=C(OP(=O)(O)NC(=O)[C@H](C)N)[C@H]1OC[C@@H](n2ccc(N)nc2=O)O1. The van der Waals surface area contributed by atoms with Gasteiger partial charge in [0, 0.05) is 6.20 Å². The fraction of sp³-hybridized carbons (Fsp3) is 0.417. The first-order chi connectivity index (χ1) is 11.6. The van der Waals surface area contributed by atoms with Crippen molar-refractivity contribution in [3.05, 3.63) is 35.1 Å². The van der Waals surface area contributed by atoms with Gasteiger partial charge in [0.1, 0.15) is 5.82 Å². The number of carbonyl (C=O) groups excluding carboxylic acids is 1. The highest BCUT2D eigenvalue weighted by Gasteiger charge is 2.35. The van der Waals surface area contributed by atoms with Crippen LogP contribution in [-0.4, -0.2) is 39.3 Å². The third kappa shape index (κ3) is 4.87. The minimum atomic E-state index is -4.56. The van der Waals surface area contributed by atoms with E-state index in [2.05, 4.69) is 11.6 Å². The molecule has 0 spiro atoms. The van der Waals surface area contributed by atoms with Gasteiger partial charge in [0.15, 0.2) is 12.0 Å². The second kappa shape index (κ2) is 7.33. The Hall–Kier alpha value is -2.24. The fourth-order valence-corrected chi connectivity index (χ4v) is 2.75. The normalized spacial score (nSPS) is 23.5. The van der Waals surface area contributed by atoms with Gasteiger partial charge in [0.25, 0.3) is 0 Å². The Morgan fingerprint density at radius 3 is 2.96 bits per heavy atom. The van der Waals surface area contributed by atoms with Crippen LogP contribution in [0.4, 0.5) is 5.82 Å². The van der Waals surface area contributed by atoms with Crippen LogP contribution in [0.5, 0.6) is 0 Å². The summed E-state index contributed by atoms with van der Waals surface area (Å²) in [4.78, 5) is 36.3. The first kappa shape index (κ1) is 19.1. The largest absolute Gasteiger partial charge is 0.485 e. The highest BCUT2D eigenvalue weighted by Crippen LogP contribution is 2.41. The number of hydrogen-bond donors (Lipinski definition) is 4. The molecule has 0 bridgehead atoms. The molecule has 4 atom stereocenters. The van der Waals surface area contributed by atoms with Crippen LogP contribution in [0.1, 0.15) is 13.2 Å². The van der Waals surface area contributed by atoms with Crippen LogP contribution >= 0.6 is 7.75 Å². The number of hydrogen-bond acceptors (Lipinski definition) is 9. The van der Waals surface area contributed by atoms with Gasteiger partial charge in [-0.3, -0.25) is 19.3 Å². The number of ether oxygens (including phenoxy) is 2. The lowest BCUT2D eigenvalue weighted by atomic mass is 10.4. The quantitative estimate of drug-likeness (QED) is 0.348. The monoisotopic (exact) mass is 375 g/mol. The zero-order valence-electron chi connectivity index (χ0n) is 13.2. The molecular formula is C12H18N5O7P. The molecule has 1 aliphatic heterocycles. The Kier molecular flexibility index (Phi) is 5.60. The van der Waals surface area contributed by atoms with Crippen LogP contribution in [0.15, 0.2) is 29.4 Å². The minimum Gasteiger partial charge on any atom is -0.409 e. The van der Waals surface area contributed by atoms with Gasteiger partial charge in [-0.1, -0.05) is 6.58 Å². The third-order valence-corrected chi connectivity index (χ3v) is 3.99. The summed E-state index contributed by atoms with van der Waals surface area (Å²) in [6.07, 6.45) is -0.727. The van der Waals surface area contributed by atoms with E-state index >= 15 is 0 Å². The van der Waals surface area contributed by atoms with E-state index in [1.807, 2.05) is 0 Å². The number of carbonyl (C=O) groups is 1. The van der Waals surface area contributed by atoms with Crippen molar-refractivity contribution in [3.8, 4) is 0 Å². The third-order valence-electron chi connectivity index (χ3n) is 3.00. The van der Waals surface area contributed by atoms with Gasteiger partial charge in [-0.25, -0.2) is 9.36 Å². The number of rotatable bonds is 6. The molecule has 0 radical (unpaired) electrons. The summed E-state index contributed by atoms with van der Waals surface area (Å²) < 4.78 is 28.3. The van der Waals surface area contributed by atoms with Gasteiger partial charge < -0.3 is 25.5 Å². The van der Waals surface area contributed by atoms with Crippen molar-refractivity contribution in [3.63, 3.8) is 0 Å². The van der Waals surface area contributed by atoms with Crippen molar-refractivity contribution in [2.45, 2.75) is 25.5 Å². The number of nitrogens with zero attached hydrogens (tertiary/aromatic N) is 2. The first-order valence-corrected chi connectivity index (χ1v) is 8.57. The molecular weight excluding hydrogens is 357 g/mol. The van der Waals surface area contributed by atoms with Crippen LogP contribution in [0.3, 0.4) is 0 Å². The number of anilines is 1. The maximum absolute atomic E-state index is 11.8. The van der Waals surface area contributed by atoms with E-state index in [0.717, 1.165) is 4.57 Å². The molecule has 1 unspecified atom stereocenters. The molecule has 1 saturated heterocycles. The van der Waals surface area contributed by atoms with Crippen molar-refractivity contribution in [1.82, 2.24) is 14.6 Å². The molecule has 1 aliphatic rings. The second-order valence-electron chi connectivity index (χ2n) is 5.14. The lowest BCUT2D eigenvalue weighted by Gasteiger charge is -2.19. The van der Waals surface area contributed by atoms with Crippen LogP contribution in [0.2, 0.25) is 0 Å². The second-order valence-corrected chi connectivity index (χ2v) is 6.59. The Balaban J connectivity index is 1.99. The molecule has 2 heterocycles. The summed E-state index contributed by atoms with van der Waals surface area (Å²) in [6.45, 7) is 4.69. The average Bonchev–Trinajstić information content (AvgIpc) is 2.95. The summed E-state index contributed by atoms with van der Waals surface area (Å²) in [6, 6.07) is 0.389. The van der Waals surface area contributed by atoms with Crippen LogP contribution < -0.4 is 22.2 Å². The molecule has 13 heteroatoms. The molecule has 1 amide bonds. The van der Waals surface area contributed by atoms with Gasteiger partial charge >= 0.3 is 13.4 Å². The Bertz CT molecular complexity index is 779. The molecule has 1 aromatic rings. The first-order valence-electron chi connectivity index (χ1n) is 6.99. The van der Waals surface area contributed by atoms with Gasteiger partial charge in [0.05, 0.1) is 12.6 Å². The molecule has 6 N–H and O–H groups in total. The molecule has 1 aromatic heterocycles. The molecule has 0 saturated carbocycles. The smallest absolute Gasteiger partial charge is 0.409 e. The summed E-state index contributed by atoms with van der Waals surface area (Å²) in [5, 5.41) is 1.74. The van der Waals surface area contributed by atoms with E-state index in [4.69, 9.17) is 25.5 Å². The number of nitrogens with one attached hydrogen (secondary N) is 1. The van der Waals surface area contributed by atoms with Gasteiger partial charge in [0.2, 0.25) is 12.2 Å². The highest BCUT2D eigenvalue weighted by atomic mass is 31.2. The highest BCUT2D eigenvalue weighted by molar-refractivity contribution is 7.51. The Morgan fingerprint density at radius 2 is 2.36 bits per heavy atom. The van der Waals surface area contributed by atoms with Crippen molar-refractivity contribution in [2.24, 2.45) is 5.73 Å². The minimum absolute atomic E-state index is 0.0514. The van der Waals surface area contributed by atoms with Crippen LogP contribution in [0, 0.1) is 0 Å². The molecule has 0 aromatic carbocycles. The molecule has 2 rings (SSSR count). The van der Waals surface area contributed by atoms with E-state index in [-0.39, 0.29) is 18.2 Å². The van der Waals surface area contributed by atoms with Crippen LogP contribution in [0.25, 0.3) is 0 Å². The van der Waals surface area contributed by atoms with E-state index in [1.54, 1.807) is 5.09 Å². The number of amides is 1. The maximum atomic E-state index is 11.8. The predicted octanol–water partition coefficient (Wildman–Crippen LogP) is -1.21. The molecule has 0 aliphatic carbocycles. The van der Waals surface area contributed by atoms with Gasteiger partial charge in [-0.15, -0.1) is 0 Å². The van der Waals surface area contributed by atoms with E-state index in [9.17, 15) is 19.0 Å². The number of nitrogens with two attached hydrogens (primary N) is 2. The van der Waals surface area contributed by atoms with Crippen molar-refractivity contribution < 1.29 is 28.3 Å². The zero-order valence-corrected chi connectivity index (χ0v) is 14.1. The molecule has 138 valence electrons. The number of aromatic nitrogens is 2. The lowest BCUT2D eigenvalue weighted by Crippen LogP contribution is -2.37. The van der Waals surface area contributed by atoms with Crippen molar-refractivity contribution >= 4 is 19.5 Å². The predicted molar refractivity (Wildman–Crippen MR) is 84.6 cm³/mol. The standard InChI is InChI=1S/C12H18N5O7P/c1-6(13)10(18)16-25(20,21)24-7(2)11-22-5-9(23-11)17-4-3-8(14)15-12(17)19/h3-4,6,9,11H,2,5,13H2,1H3,(H2,14,15,19)(H2,16,18,20,21)/t6-,9-,11-/m0/s1. The lowest BCUT2D eigenvalue weighted by molar-refractivity contribution is -0.120. The van der Waals surface area contributed by atoms with Gasteiger partial charge in [-0.05, 0) is 13.0 Å². The molecule has 12 nitrogen and oxygen atoms in total. The average molecular weight is 375 g/mol. The topological polar surface area (TPSA) is 181 Å². The molecule has 1 fully saturated rings. The van der Waals surface area contributed by atoms with Crippen molar-refractivity contribution in [1.29, 1.82) is 0 Å². The maximum Gasteiger partial charge on any atom is 0.485 e. The van der Waals surface area contributed by atoms with Crippen molar-refractivity contribution in [2.75, 3.05) is 12.3 Å². The summed E-state index contributed by atoms with van der Waals surface area (Å²) >= 11 is 0. The van der Waals surface area contributed by atoms with E-state index in [0.29, 0.717) is 0 Å². The van der Waals surface area contributed by atoms with E-state index < -0.39 is 37.9 Å². The Morgan fingerprint density at radius 1 is 1.68 bits per heavy atom. The number of nitrogen functional groups attached to an aromatic ring is 1. The Labute approximate surface area is 142 Å². The summed E-state index contributed by atoms with van der Waals surface area (Å²) in [5.41, 5.74) is 10.0. The fourth-order valence-electron chi connectivity index (χ4n) is 1.82. The zero-order chi connectivity index (χ0) is 18.8. The summed E-state index contributed by atoms with van der Waals surface area (Å²) in [5.74, 6) is -1.20. The van der Waals surface area contributed by atoms with Gasteiger partial charge in [-0.2, -0.15) is 4.98 Å². The molecule has 25 heavy (non-hydrogen) atoms.